The number of carboxylic acid groups (broad SMARTS) is 1. The highest BCUT2D eigenvalue weighted by atomic mass is 16.4. The molecule has 0 unspecified atom stereocenters. The molecule has 0 aromatic carbocycles. The summed E-state index contributed by atoms with van der Waals surface area (Å²) in [6.07, 6.45) is 0.655. The molecule has 92 valence electrons. The number of hydrogen-bond acceptors (Lipinski definition) is 3. The van der Waals surface area contributed by atoms with Gasteiger partial charge in [0, 0.05) is 24.2 Å². The topological polar surface area (TPSA) is 86.3 Å². The summed E-state index contributed by atoms with van der Waals surface area (Å²) in [6.45, 7) is 3.59. The van der Waals surface area contributed by atoms with E-state index in [-0.39, 0.29) is 18.4 Å². The van der Waals surface area contributed by atoms with Gasteiger partial charge in [0.05, 0.1) is 5.92 Å². The smallest absolute Gasteiger partial charge is 0.308 e. The first-order chi connectivity index (χ1) is 8.00. The van der Waals surface area contributed by atoms with Crippen molar-refractivity contribution < 1.29 is 14.7 Å². The monoisotopic (exact) mass is 237 g/mol. The Balaban J connectivity index is 2.30. The summed E-state index contributed by atoms with van der Waals surface area (Å²) in [6, 6.07) is 1.38. The standard InChI is InChI=1S/C11H15N3O3/c1-6-5-9(13-12-6)14-7(2)8(11(16)17)3-4-10(14)15/h5,7-8H,3-4H2,1-2H3,(H,12,13)(H,16,17)/t7-,8+/m1/s1. The summed E-state index contributed by atoms with van der Waals surface area (Å²) < 4.78 is 0. The predicted octanol–water partition coefficient (Wildman–Crippen LogP) is 0.934. The normalized spacial score (nSPS) is 25.1. The maximum atomic E-state index is 11.9. The molecule has 2 N–H and O–H groups in total. The number of nitrogens with one attached hydrogen (secondary N) is 1. The van der Waals surface area contributed by atoms with Crippen molar-refractivity contribution in [3.63, 3.8) is 0 Å². The molecule has 0 radical (unpaired) electrons. The molecule has 0 bridgehead atoms. The van der Waals surface area contributed by atoms with Gasteiger partial charge in [-0.15, -0.1) is 0 Å². The van der Waals surface area contributed by atoms with Gasteiger partial charge in [-0.2, -0.15) is 5.10 Å². The number of aromatic amines is 1. The average molecular weight is 237 g/mol. The van der Waals surface area contributed by atoms with E-state index in [0.29, 0.717) is 12.2 Å². The van der Waals surface area contributed by atoms with Gasteiger partial charge in [-0.05, 0) is 20.3 Å². The van der Waals surface area contributed by atoms with Crippen molar-refractivity contribution in [2.24, 2.45) is 5.92 Å². The Labute approximate surface area is 98.6 Å². The van der Waals surface area contributed by atoms with Gasteiger partial charge in [-0.1, -0.05) is 0 Å². The molecule has 1 fully saturated rings. The van der Waals surface area contributed by atoms with E-state index in [4.69, 9.17) is 5.11 Å². The van der Waals surface area contributed by atoms with Crippen molar-refractivity contribution >= 4 is 17.7 Å². The van der Waals surface area contributed by atoms with Crippen molar-refractivity contribution in [2.45, 2.75) is 32.7 Å². The lowest BCUT2D eigenvalue weighted by Crippen LogP contribution is -2.49. The number of aromatic nitrogens is 2. The fourth-order valence-corrected chi connectivity index (χ4v) is 2.24. The van der Waals surface area contributed by atoms with Crippen LogP contribution in [0.25, 0.3) is 0 Å². The van der Waals surface area contributed by atoms with Crippen LogP contribution in [-0.2, 0) is 9.59 Å². The van der Waals surface area contributed by atoms with Gasteiger partial charge in [0.15, 0.2) is 5.82 Å². The first-order valence-corrected chi connectivity index (χ1v) is 5.57. The van der Waals surface area contributed by atoms with Crippen molar-refractivity contribution in [1.29, 1.82) is 0 Å². The predicted molar refractivity (Wildman–Crippen MR) is 60.6 cm³/mol. The molecule has 2 atom stereocenters. The van der Waals surface area contributed by atoms with Crippen LogP contribution in [0.3, 0.4) is 0 Å². The molecule has 1 aromatic rings. The third-order valence-electron chi connectivity index (χ3n) is 3.18. The summed E-state index contributed by atoms with van der Waals surface area (Å²) in [4.78, 5) is 24.4. The Bertz CT molecular complexity index is 455. The van der Waals surface area contributed by atoms with Crippen molar-refractivity contribution in [2.75, 3.05) is 4.90 Å². The molecule has 1 aromatic heterocycles. The SMILES string of the molecule is Cc1cc(N2C(=O)CC[C@H](C(=O)O)[C@H]2C)n[nH]1. The number of H-pyrrole nitrogens is 1. The molecule has 1 aliphatic rings. The lowest BCUT2D eigenvalue weighted by Gasteiger charge is -2.35. The van der Waals surface area contributed by atoms with Gasteiger partial charge >= 0.3 is 5.97 Å². The molecule has 0 saturated carbocycles. The molecule has 0 spiro atoms. The third kappa shape index (κ3) is 2.02. The van der Waals surface area contributed by atoms with E-state index in [0.717, 1.165) is 5.69 Å². The van der Waals surface area contributed by atoms with E-state index in [1.54, 1.807) is 13.0 Å². The van der Waals surface area contributed by atoms with E-state index in [1.807, 2.05) is 6.92 Å². The largest absolute Gasteiger partial charge is 0.481 e. The Morgan fingerprint density at radius 3 is 2.88 bits per heavy atom. The summed E-state index contributed by atoms with van der Waals surface area (Å²) in [5.74, 6) is -0.945. The summed E-state index contributed by atoms with van der Waals surface area (Å²) in [5.41, 5.74) is 0.845. The quantitative estimate of drug-likeness (QED) is 0.801. The molecule has 2 rings (SSSR count). The number of hydrogen-bond donors (Lipinski definition) is 2. The Morgan fingerprint density at radius 1 is 1.65 bits per heavy atom. The number of carboxylic acids is 1. The lowest BCUT2D eigenvalue weighted by molar-refractivity contribution is -0.143. The van der Waals surface area contributed by atoms with Crippen LogP contribution >= 0.6 is 0 Å². The zero-order chi connectivity index (χ0) is 12.6. The second kappa shape index (κ2) is 4.20. The molecule has 17 heavy (non-hydrogen) atoms. The molecule has 6 heteroatoms. The number of aliphatic carboxylic acids is 1. The highest BCUT2D eigenvalue weighted by Gasteiger charge is 2.38. The van der Waals surface area contributed by atoms with Gasteiger partial charge in [0.25, 0.3) is 0 Å². The van der Waals surface area contributed by atoms with E-state index < -0.39 is 11.9 Å². The molecule has 0 aliphatic carbocycles. The van der Waals surface area contributed by atoms with Crippen LogP contribution in [0.1, 0.15) is 25.5 Å². The molecule has 1 saturated heterocycles. The summed E-state index contributed by atoms with van der Waals surface area (Å²) in [5, 5.41) is 15.9. The number of carbonyl (C=O) groups is 2. The van der Waals surface area contributed by atoms with Crippen LogP contribution in [0.4, 0.5) is 5.82 Å². The number of carbonyl (C=O) groups excluding carboxylic acids is 1. The van der Waals surface area contributed by atoms with E-state index >= 15 is 0 Å². The number of nitrogens with zero attached hydrogens (tertiary/aromatic N) is 2. The molecular weight excluding hydrogens is 222 g/mol. The fourth-order valence-electron chi connectivity index (χ4n) is 2.24. The number of piperidine rings is 1. The zero-order valence-corrected chi connectivity index (χ0v) is 9.80. The first kappa shape index (κ1) is 11.6. The number of amides is 1. The van der Waals surface area contributed by atoms with E-state index in [1.165, 1.54) is 4.90 Å². The maximum Gasteiger partial charge on any atom is 0.308 e. The van der Waals surface area contributed by atoms with Gasteiger partial charge in [0.1, 0.15) is 0 Å². The van der Waals surface area contributed by atoms with Crippen LogP contribution in [0.2, 0.25) is 0 Å². The second-order valence-corrected chi connectivity index (χ2v) is 4.40. The van der Waals surface area contributed by atoms with Crippen LogP contribution in [-0.4, -0.2) is 33.2 Å². The van der Waals surface area contributed by atoms with Gasteiger partial charge in [-0.25, -0.2) is 0 Å². The molecule has 1 amide bonds. The molecule has 1 aliphatic heterocycles. The van der Waals surface area contributed by atoms with Crippen LogP contribution in [0.15, 0.2) is 6.07 Å². The number of anilines is 1. The van der Waals surface area contributed by atoms with Crippen LogP contribution < -0.4 is 4.90 Å². The van der Waals surface area contributed by atoms with E-state index in [9.17, 15) is 9.59 Å². The van der Waals surface area contributed by atoms with Crippen molar-refractivity contribution in [3.8, 4) is 0 Å². The Hall–Kier alpha value is -1.85. The fraction of sp³-hybridized carbons (Fsp3) is 0.545. The first-order valence-electron chi connectivity index (χ1n) is 5.57. The molecule has 2 heterocycles. The van der Waals surface area contributed by atoms with Crippen LogP contribution in [0, 0.1) is 12.8 Å². The van der Waals surface area contributed by atoms with Gasteiger partial charge in [-0.3, -0.25) is 19.6 Å². The second-order valence-electron chi connectivity index (χ2n) is 4.40. The minimum atomic E-state index is -0.859. The zero-order valence-electron chi connectivity index (χ0n) is 9.80. The molecule has 6 nitrogen and oxygen atoms in total. The molecular formula is C11H15N3O3. The minimum Gasteiger partial charge on any atom is -0.481 e. The van der Waals surface area contributed by atoms with Gasteiger partial charge in [0.2, 0.25) is 5.91 Å². The minimum absolute atomic E-state index is 0.0681. The lowest BCUT2D eigenvalue weighted by atomic mass is 9.90. The van der Waals surface area contributed by atoms with Crippen molar-refractivity contribution in [1.82, 2.24) is 10.2 Å². The number of rotatable bonds is 2. The maximum absolute atomic E-state index is 11.9. The third-order valence-corrected chi connectivity index (χ3v) is 3.18. The highest BCUT2D eigenvalue weighted by Crippen LogP contribution is 2.28. The summed E-state index contributed by atoms with van der Waals surface area (Å²) >= 11 is 0. The van der Waals surface area contributed by atoms with Gasteiger partial charge < -0.3 is 5.11 Å². The van der Waals surface area contributed by atoms with E-state index in [2.05, 4.69) is 10.2 Å². The van der Waals surface area contributed by atoms with Crippen molar-refractivity contribution in [3.05, 3.63) is 11.8 Å². The number of aryl methyl sites for hydroxylation is 1. The van der Waals surface area contributed by atoms with Crippen LogP contribution in [0.5, 0.6) is 0 Å². The Morgan fingerprint density at radius 2 is 2.35 bits per heavy atom. The summed E-state index contributed by atoms with van der Waals surface area (Å²) in [7, 11) is 0. The highest BCUT2D eigenvalue weighted by molar-refractivity contribution is 5.95. The average Bonchev–Trinajstić information content (AvgIpc) is 2.64. The Kier molecular flexibility index (Phi) is 2.87.